The number of hydrogen-bond donors (Lipinski definition) is 0. The number of rotatable bonds is 6. The molecule has 4 fully saturated rings. The van der Waals surface area contributed by atoms with Crippen LogP contribution in [0, 0.1) is 11.3 Å². The molecule has 2 heterocycles. The van der Waals surface area contributed by atoms with Gasteiger partial charge in [-0.15, -0.1) is 0 Å². The van der Waals surface area contributed by atoms with Crippen molar-refractivity contribution in [2.45, 2.75) is 56.3 Å². The summed E-state index contributed by atoms with van der Waals surface area (Å²) in [4.78, 5) is 0. The third-order valence-electron chi connectivity index (χ3n) is 5.70. The Morgan fingerprint density at radius 2 is 2.00 bits per heavy atom. The van der Waals surface area contributed by atoms with Crippen LogP contribution in [-0.2, 0) is 19.5 Å². The first-order chi connectivity index (χ1) is 10.6. The third-order valence-corrected chi connectivity index (χ3v) is 8.04. The minimum atomic E-state index is -3.08. The molecule has 22 heavy (non-hydrogen) atoms. The van der Waals surface area contributed by atoms with Gasteiger partial charge in [-0.2, -0.15) is 0 Å². The molecular formula is C16H27NO4S. The van der Waals surface area contributed by atoms with Crippen molar-refractivity contribution in [3.8, 4) is 0 Å². The molecule has 2 aliphatic heterocycles. The second-order valence-electron chi connectivity index (χ2n) is 7.65. The summed E-state index contributed by atoms with van der Waals surface area (Å²) in [6, 6.07) is 0. The number of nitrogens with zero attached hydrogens (tertiary/aromatic N) is 1. The van der Waals surface area contributed by atoms with Crippen molar-refractivity contribution in [3.63, 3.8) is 0 Å². The van der Waals surface area contributed by atoms with E-state index in [9.17, 15) is 8.42 Å². The number of piperidine rings is 1. The van der Waals surface area contributed by atoms with E-state index < -0.39 is 10.0 Å². The van der Waals surface area contributed by atoms with Crippen molar-refractivity contribution in [2.24, 2.45) is 11.3 Å². The monoisotopic (exact) mass is 329 g/mol. The Kier molecular flexibility index (Phi) is 4.00. The van der Waals surface area contributed by atoms with Gasteiger partial charge in [0.1, 0.15) is 0 Å². The van der Waals surface area contributed by atoms with E-state index in [4.69, 9.17) is 9.47 Å². The Bertz CT molecular complexity index is 514. The average molecular weight is 329 g/mol. The summed E-state index contributed by atoms with van der Waals surface area (Å²) in [6.07, 6.45) is 7.28. The topological polar surface area (TPSA) is 55.8 Å². The van der Waals surface area contributed by atoms with Gasteiger partial charge in [-0.3, -0.25) is 0 Å². The Morgan fingerprint density at radius 1 is 1.18 bits per heavy atom. The van der Waals surface area contributed by atoms with Crippen molar-refractivity contribution in [3.05, 3.63) is 0 Å². The van der Waals surface area contributed by atoms with Crippen molar-refractivity contribution in [1.29, 1.82) is 0 Å². The lowest BCUT2D eigenvalue weighted by molar-refractivity contribution is -0.143. The van der Waals surface area contributed by atoms with Crippen molar-refractivity contribution in [2.75, 3.05) is 32.9 Å². The predicted molar refractivity (Wildman–Crippen MR) is 83.1 cm³/mol. The summed E-state index contributed by atoms with van der Waals surface area (Å²) in [5.74, 6) is 0.745. The van der Waals surface area contributed by atoms with Crippen LogP contribution in [0.15, 0.2) is 0 Å². The zero-order valence-corrected chi connectivity index (χ0v) is 14.0. The molecule has 2 aliphatic carbocycles. The average Bonchev–Trinajstić information content (AvgIpc) is 3.38. The van der Waals surface area contributed by atoms with Crippen LogP contribution in [0.25, 0.3) is 0 Å². The van der Waals surface area contributed by atoms with E-state index in [1.807, 2.05) is 0 Å². The highest BCUT2D eigenvalue weighted by Crippen LogP contribution is 2.43. The highest BCUT2D eigenvalue weighted by molar-refractivity contribution is 7.90. The Balaban J connectivity index is 1.47. The molecule has 0 radical (unpaired) electrons. The first-order valence-corrected chi connectivity index (χ1v) is 10.3. The van der Waals surface area contributed by atoms with Gasteiger partial charge in [0.25, 0.3) is 0 Å². The van der Waals surface area contributed by atoms with E-state index in [1.54, 1.807) is 4.31 Å². The molecule has 0 amide bonds. The van der Waals surface area contributed by atoms with Gasteiger partial charge in [-0.05, 0) is 50.9 Å². The fourth-order valence-electron chi connectivity index (χ4n) is 3.97. The standard InChI is InChI=1S/C16H27NO4S/c18-22(19,14-4-5-14)17-8-6-15-16(11-17,7-1-9-21-15)12-20-10-13-2-3-13/h13-15H,1-12H2/t15-,16-/m1/s1. The van der Waals surface area contributed by atoms with E-state index in [-0.39, 0.29) is 16.8 Å². The van der Waals surface area contributed by atoms with Gasteiger partial charge in [-0.25, -0.2) is 12.7 Å². The maximum atomic E-state index is 12.6. The molecule has 4 rings (SSSR count). The van der Waals surface area contributed by atoms with E-state index in [1.165, 1.54) is 12.8 Å². The summed E-state index contributed by atoms with van der Waals surface area (Å²) in [6.45, 7) is 3.52. The lowest BCUT2D eigenvalue weighted by atomic mass is 9.73. The smallest absolute Gasteiger partial charge is 0.217 e. The van der Waals surface area contributed by atoms with Gasteiger partial charge >= 0.3 is 0 Å². The minimum Gasteiger partial charge on any atom is -0.380 e. The van der Waals surface area contributed by atoms with Crippen LogP contribution in [0.3, 0.4) is 0 Å². The molecule has 0 aromatic heterocycles. The summed E-state index contributed by atoms with van der Waals surface area (Å²) in [5, 5.41) is -0.113. The van der Waals surface area contributed by atoms with Gasteiger partial charge in [0.15, 0.2) is 0 Å². The number of hydrogen-bond acceptors (Lipinski definition) is 4. The van der Waals surface area contributed by atoms with Crippen LogP contribution >= 0.6 is 0 Å². The highest BCUT2D eigenvalue weighted by Gasteiger charge is 2.51. The Morgan fingerprint density at radius 3 is 2.73 bits per heavy atom. The zero-order chi connectivity index (χ0) is 15.2. The lowest BCUT2D eigenvalue weighted by Gasteiger charge is -2.49. The van der Waals surface area contributed by atoms with Crippen molar-refractivity contribution < 1.29 is 17.9 Å². The van der Waals surface area contributed by atoms with Crippen LogP contribution in [0.1, 0.15) is 44.9 Å². The number of sulfonamides is 1. The molecule has 0 aromatic carbocycles. The maximum Gasteiger partial charge on any atom is 0.217 e. The van der Waals surface area contributed by atoms with E-state index >= 15 is 0 Å². The second kappa shape index (κ2) is 5.72. The van der Waals surface area contributed by atoms with Crippen LogP contribution < -0.4 is 0 Å². The Hall–Kier alpha value is -0.170. The number of fused-ring (bicyclic) bond motifs is 1. The van der Waals surface area contributed by atoms with Crippen molar-refractivity contribution >= 4 is 10.0 Å². The molecular weight excluding hydrogens is 302 g/mol. The van der Waals surface area contributed by atoms with Crippen LogP contribution in [0.4, 0.5) is 0 Å². The molecule has 2 saturated heterocycles. The van der Waals surface area contributed by atoms with Crippen molar-refractivity contribution in [1.82, 2.24) is 4.31 Å². The second-order valence-corrected chi connectivity index (χ2v) is 9.86. The fraction of sp³-hybridized carbons (Fsp3) is 1.00. The molecule has 2 atom stereocenters. The lowest BCUT2D eigenvalue weighted by Crippen LogP contribution is -2.58. The van der Waals surface area contributed by atoms with Gasteiger partial charge in [0.05, 0.1) is 18.0 Å². The van der Waals surface area contributed by atoms with Gasteiger partial charge in [0.2, 0.25) is 10.0 Å². The molecule has 5 nitrogen and oxygen atoms in total. The van der Waals surface area contributed by atoms with Crippen LogP contribution in [0.5, 0.6) is 0 Å². The van der Waals surface area contributed by atoms with Gasteiger partial charge in [-0.1, -0.05) is 0 Å². The molecule has 0 unspecified atom stereocenters. The molecule has 0 bridgehead atoms. The molecule has 4 aliphatic rings. The molecule has 0 spiro atoms. The quantitative estimate of drug-likeness (QED) is 0.745. The van der Waals surface area contributed by atoms with Gasteiger partial charge in [0, 0.05) is 31.7 Å². The van der Waals surface area contributed by atoms with E-state index in [2.05, 4.69) is 0 Å². The zero-order valence-electron chi connectivity index (χ0n) is 13.2. The normalized spacial score (nSPS) is 37.0. The Labute approximate surface area is 133 Å². The van der Waals surface area contributed by atoms with Crippen LogP contribution in [0.2, 0.25) is 0 Å². The predicted octanol–water partition coefficient (Wildman–Crippen LogP) is 1.78. The SMILES string of the molecule is O=S(=O)(C1CC1)N1CC[C@H]2OCCC[C@]2(COCC2CC2)C1. The maximum absolute atomic E-state index is 12.6. The summed E-state index contributed by atoms with van der Waals surface area (Å²) >= 11 is 0. The molecule has 0 aromatic rings. The van der Waals surface area contributed by atoms with E-state index in [0.29, 0.717) is 19.7 Å². The first-order valence-electron chi connectivity index (χ1n) is 8.78. The van der Waals surface area contributed by atoms with Gasteiger partial charge < -0.3 is 9.47 Å². The molecule has 6 heteroatoms. The summed E-state index contributed by atoms with van der Waals surface area (Å²) in [7, 11) is -3.08. The third kappa shape index (κ3) is 2.95. The molecule has 0 N–H and O–H groups in total. The highest BCUT2D eigenvalue weighted by atomic mass is 32.2. The fourth-order valence-corrected chi connectivity index (χ4v) is 5.92. The van der Waals surface area contributed by atoms with E-state index in [0.717, 1.165) is 51.2 Å². The minimum absolute atomic E-state index is 0.113. The number of ether oxygens (including phenoxy) is 2. The summed E-state index contributed by atoms with van der Waals surface area (Å²) in [5.41, 5.74) is -0.118. The molecule has 2 saturated carbocycles. The first kappa shape index (κ1) is 15.4. The summed E-state index contributed by atoms with van der Waals surface area (Å²) < 4.78 is 38.9. The van der Waals surface area contributed by atoms with Crippen LogP contribution in [-0.4, -0.2) is 57.0 Å². The largest absolute Gasteiger partial charge is 0.380 e. The molecule has 126 valence electrons.